The first-order valence-electron chi connectivity index (χ1n) is 5.80. The number of rotatable bonds is 2. The van der Waals surface area contributed by atoms with Crippen molar-refractivity contribution in [1.29, 1.82) is 0 Å². The van der Waals surface area contributed by atoms with E-state index in [1.54, 1.807) is 28.6 Å². The van der Waals surface area contributed by atoms with Crippen LogP contribution in [0, 0.1) is 0 Å². The standard InChI is InChI=1S/C12H15NO2S/c14-16(15,10-6-2-1-3-7-10)13-11-8-4-5-9-12(11)13/h1-3,6-7,11-12H,4-5,8-9H2. The third-order valence-electron chi connectivity index (χ3n) is 3.58. The van der Waals surface area contributed by atoms with Gasteiger partial charge in [-0.15, -0.1) is 0 Å². The fourth-order valence-electron chi connectivity index (χ4n) is 2.73. The van der Waals surface area contributed by atoms with E-state index in [0.717, 1.165) is 12.8 Å². The highest BCUT2D eigenvalue weighted by molar-refractivity contribution is 7.89. The summed E-state index contributed by atoms with van der Waals surface area (Å²) in [6, 6.07) is 9.34. The topological polar surface area (TPSA) is 37.1 Å². The maximum absolute atomic E-state index is 12.3. The van der Waals surface area contributed by atoms with Crippen molar-refractivity contribution >= 4 is 10.0 Å². The molecule has 0 bridgehead atoms. The summed E-state index contributed by atoms with van der Waals surface area (Å²) in [4.78, 5) is 0.435. The minimum Gasteiger partial charge on any atom is -0.207 e. The Balaban J connectivity index is 1.90. The molecule has 0 amide bonds. The monoisotopic (exact) mass is 237 g/mol. The first-order valence-corrected chi connectivity index (χ1v) is 7.24. The summed E-state index contributed by atoms with van der Waals surface area (Å²) in [6.07, 6.45) is 4.41. The van der Waals surface area contributed by atoms with Crippen LogP contribution in [0.4, 0.5) is 0 Å². The molecule has 16 heavy (non-hydrogen) atoms. The van der Waals surface area contributed by atoms with Crippen LogP contribution in [0.25, 0.3) is 0 Å². The Kier molecular flexibility index (Phi) is 2.30. The molecule has 2 aliphatic rings. The molecule has 2 unspecified atom stereocenters. The number of nitrogens with zero attached hydrogens (tertiary/aromatic N) is 1. The summed E-state index contributed by atoms with van der Waals surface area (Å²) in [5.41, 5.74) is 0. The Morgan fingerprint density at radius 2 is 1.56 bits per heavy atom. The summed E-state index contributed by atoms with van der Waals surface area (Å²) < 4.78 is 26.3. The molecule has 1 aliphatic carbocycles. The molecule has 0 radical (unpaired) electrons. The third-order valence-corrected chi connectivity index (χ3v) is 5.54. The first kappa shape index (κ1) is 10.3. The molecule has 4 heteroatoms. The Morgan fingerprint density at radius 1 is 1.00 bits per heavy atom. The zero-order chi connectivity index (χ0) is 11.2. The number of fused-ring (bicyclic) bond motifs is 1. The average molecular weight is 237 g/mol. The highest BCUT2D eigenvalue weighted by Gasteiger charge is 2.55. The Bertz CT molecular complexity index is 471. The van der Waals surface area contributed by atoms with Crippen molar-refractivity contribution < 1.29 is 8.42 Å². The molecule has 1 aromatic rings. The molecule has 3 rings (SSSR count). The Morgan fingerprint density at radius 3 is 2.12 bits per heavy atom. The van der Waals surface area contributed by atoms with Crippen LogP contribution in [0.2, 0.25) is 0 Å². The van der Waals surface area contributed by atoms with Gasteiger partial charge in [0.2, 0.25) is 10.0 Å². The van der Waals surface area contributed by atoms with E-state index in [2.05, 4.69) is 0 Å². The normalized spacial score (nSPS) is 33.1. The molecule has 1 aromatic carbocycles. The molecule has 1 saturated carbocycles. The number of benzene rings is 1. The van der Waals surface area contributed by atoms with Crippen LogP contribution in [0.5, 0.6) is 0 Å². The molecular formula is C12H15NO2S. The predicted octanol–water partition coefficient (Wildman–Crippen LogP) is 2.00. The maximum atomic E-state index is 12.3. The van der Waals surface area contributed by atoms with Crippen molar-refractivity contribution in [3.8, 4) is 0 Å². The predicted molar refractivity (Wildman–Crippen MR) is 61.5 cm³/mol. The van der Waals surface area contributed by atoms with Crippen LogP contribution in [0.3, 0.4) is 0 Å². The zero-order valence-electron chi connectivity index (χ0n) is 9.04. The largest absolute Gasteiger partial charge is 0.243 e. The summed E-state index contributed by atoms with van der Waals surface area (Å²) in [5, 5.41) is 0. The fourth-order valence-corrected chi connectivity index (χ4v) is 4.62. The van der Waals surface area contributed by atoms with Crippen LogP contribution in [0.15, 0.2) is 35.2 Å². The van der Waals surface area contributed by atoms with Gasteiger partial charge < -0.3 is 0 Å². The summed E-state index contributed by atoms with van der Waals surface area (Å²) in [5.74, 6) is 0. The van der Waals surface area contributed by atoms with Gasteiger partial charge in [0.05, 0.1) is 4.90 Å². The smallest absolute Gasteiger partial charge is 0.207 e. The van der Waals surface area contributed by atoms with Gasteiger partial charge in [0.25, 0.3) is 0 Å². The van der Waals surface area contributed by atoms with Crippen LogP contribution in [-0.4, -0.2) is 24.8 Å². The van der Waals surface area contributed by atoms with Crippen molar-refractivity contribution in [2.75, 3.05) is 0 Å². The van der Waals surface area contributed by atoms with E-state index in [1.807, 2.05) is 6.07 Å². The van der Waals surface area contributed by atoms with E-state index in [1.165, 1.54) is 12.8 Å². The highest BCUT2D eigenvalue weighted by atomic mass is 32.2. The van der Waals surface area contributed by atoms with E-state index in [9.17, 15) is 8.42 Å². The lowest BCUT2D eigenvalue weighted by Crippen LogP contribution is -2.15. The minimum atomic E-state index is -3.22. The average Bonchev–Trinajstić information content (AvgIpc) is 3.05. The van der Waals surface area contributed by atoms with Gasteiger partial charge in [-0.2, -0.15) is 4.31 Å². The third kappa shape index (κ3) is 1.48. The minimum absolute atomic E-state index is 0.291. The van der Waals surface area contributed by atoms with Gasteiger partial charge in [-0.1, -0.05) is 31.0 Å². The second-order valence-electron chi connectivity index (χ2n) is 4.57. The molecule has 3 nitrogen and oxygen atoms in total. The summed E-state index contributed by atoms with van der Waals surface area (Å²) in [7, 11) is -3.22. The van der Waals surface area contributed by atoms with Crippen LogP contribution >= 0.6 is 0 Å². The molecule has 2 atom stereocenters. The van der Waals surface area contributed by atoms with Gasteiger partial charge >= 0.3 is 0 Å². The second-order valence-corrected chi connectivity index (χ2v) is 6.41. The molecule has 1 aliphatic heterocycles. The Hall–Kier alpha value is -0.870. The van der Waals surface area contributed by atoms with Crippen molar-refractivity contribution in [3.05, 3.63) is 30.3 Å². The van der Waals surface area contributed by atoms with Gasteiger partial charge in [0.15, 0.2) is 0 Å². The SMILES string of the molecule is O=S(=O)(c1ccccc1)N1C2CCCCC21. The molecule has 2 fully saturated rings. The number of sulfonamides is 1. The van der Waals surface area contributed by atoms with Crippen molar-refractivity contribution in [3.63, 3.8) is 0 Å². The van der Waals surface area contributed by atoms with Crippen molar-refractivity contribution in [1.82, 2.24) is 4.31 Å². The lowest BCUT2D eigenvalue weighted by Gasteiger charge is -2.05. The van der Waals surface area contributed by atoms with Gasteiger partial charge in [-0.05, 0) is 25.0 Å². The molecular weight excluding hydrogens is 222 g/mol. The van der Waals surface area contributed by atoms with Gasteiger partial charge in [0.1, 0.15) is 0 Å². The Labute approximate surface area is 96.1 Å². The highest BCUT2D eigenvalue weighted by Crippen LogP contribution is 2.44. The lowest BCUT2D eigenvalue weighted by atomic mass is 10.0. The van der Waals surface area contributed by atoms with Crippen LogP contribution in [0.1, 0.15) is 25.7 Å². The van der Waals surface area contributed by atoms with Crippen molar-refractivity contribution in [2.45, 2.75) is 42.7 Å². The van der Waals surface area contributed by atoms with E-state index in [0.29, 0.717) is 17.0 Å². The number of hydrogen-bond acceptors (Lipinski definition) is 2. The number of hydrogen-bond donors (Lipinski definition) is 0. The first-order chi connectivity index (χ1) is 7.71. The summed E-state index contributed by atoms with van der Waals surface area (Å²) >= 11 is 0. The quantitative estimate of drug-likeness (QED) is 0.738. The second kappa shape index (κ2) is 3.57. The van der Waals surface area contributed by atoms with E-state index in [-0.39, 0.29) is 0 Å². The van der Waals surface area contributed by atoms with Gasteiger partial charge in [-0.3, -0.25) is 0 Å². The van der Waals surface area contributed by atoms with Gasteiger partial charge in [0, 0.05) is 12.1 Å². The molecule has 86 valence electrons. The van der Waals surface area contributed by atoms with E-state index < -0.39 is 10.0 Å². The molecule has 1 saturated heterocycles. The zero-order valence-corrected chi connectivity index (χ0v) is 9.86. The molecule has 0 spiro atoms. The van der Waals surface area contributed by atoms with Crippen LogP contribution in [-0.2, 0) is 10.0 Å². The van der Waals surface area contributed by atoms with E-state index in [4.69, 9.17) is 0 Å². The molecule has 1 heterocycles. The molecule has 0 aromatic heterocycles. The fraction of sp³-hybridized carbons (Fsp3) is 0.500. The van der Waals surface area contributed by atoms with Gasteiger partial charge in [-0.25, -0.2) is 8.42 Å². The van der Waals surface area contributed by atoms with E-state index >= 15 is 0 Å². The lowest BCUT2D eigenvalue weighted by molar-refractivity contribution is 0.545. The van der Waals surface area contributed by atoms with Crippen LogP contribution < -0.4 is 0 Å². The maximum Gasteiger partial charge on any atom is 0.243 e. The molecule has 0 N–H and O–H groups in total. The summed E-state index contributed by atoms with van der Waals surface area (Å²) in [6.45, 7) is 0. The van der Waals surface area contributed by atoms with Crippen molar-refractivity contribution in [2.24, 2.45) is 0 Å².